The summed E-state index contributed by atoms with van der Waals surface area (Å²) in [5.74, 6) is 1.53. The van der Waals surface area contributed by atoms with Crippen LogP contribution in [0.5, 0.6) is 0 Å². The SMILES string of the molecule is O=C(NC1CCSC1=O)c1cnc(NNC(=S)NC2c3ccccc3CSc3ccccc32)c(Cl)c1. The molecule has 2 aliphatic heterocycles. The van der Waals surface area contributed by atoms with Gasteiger partial charge in [-0.2, -0.15) is 0 Å². The lowest BCUT2D eigenvalue weighted by Crippen LogP contribution is -2.41. The van der Waals surface area contributed by atoms with Gasteiger partial charge in [-0.3, -0.25) is 20.4 Å². The summed E-state index contributed by atoms with van der Waals surface area (Å²) in [6.45, 7) is 0. The summed E-state index contributed by atoms with van der Waals surface area (Å²) in [6, 6.07) is 17.5. The molecule has 184 valence electrons. The number of pyridine rings is 1. The Bertz CT molecular complexity index is 1290. The number of thiocarbonyl (C=S) groups is 1. The number of halogens is 1. The number of nitrogens with one attached hydrogen (secondary N) is 4. The molecule has 0 saturated carbocycles. The Morgan fingerprint density at radius 3 is 2.61 bits per heavy atom. The summed E-state index contributed by atoms with van der Waals surface area (Å²) in [7, 11) is 0. The van der Waals surface area contributed by atoms with E-state index in [0.29, 0.717) is 23.1 Å². The number of anilines is 1. The number of nitrogens with zero attached hydrogens (tertiary/aromatic N) is 1. The van der Waals surface area contributed by atoms with E-state index in [2.05, 4.69) is 50.7 Å². The molecular formula is C25H22ClN5O2S3. The fourth-order valence-corrected chi connectivity index (χ4v) is 6.50. The summed E-state index contributed by atoms with van der Waals surface area (Å²) in [6.07, 6.45) is 2.03. The number of hydrazine groups is 1. The third-order valence-electron chi connectivity index (χ3n) is 5.89. The average molecular weight is 556 g/mol. The van der Waals surface area contributed by atoms with E-state index < -0.39 is 6.04 Å². The molecule has 7 nitrogen and oxygen atoms in total. The first kappa shape index (κ1) is 24.9. The van der Waals surface area contributed by atoms with E-state index in [-0.39, 0.29) is 27.7 Å². The topological polar surface area (TPSA) is 95.2 Å². The number of carbonyl (C=O) groups is 2. The van der Waals surface area contributed by atoms with Crippen LogP contribution in [0.25, 0.3) is 0 Å². The number of fused-ring (bicyclic) bond motifs is 2. The summed E-state index contributed by atoms with van der Waals surface area (Å²) >= 11 is 15.0. The van der Waals surface area contributed by atoms with Crippen molar-refractivity contribution in [2.24, 2.45) is 0 Å². The van der Waals surface area contributed by atoms with Crippen molar-refractivity contribution in [3.05, 3.63) is 88.1 Å². The summed E-state index contributed by atoms with van der Waals surface area (Å²) in [4.78, 5) is 29.7. The molecule has 4 N–H and O–H groups in total. The van der Waals surface area contributed by atoms with Crippen molar-refractivity contribution in [2.75, 3.05) is 11.2 Å². The van der Waals surface area contributed by atoms with Gasteiger partial charge in [-0.15, -0.1) is 11.8 Å². The zero-order valence-electron chi connectivity index (χ0n) is 18.9. The lowest BCUT2D eigenvalue weighted by molar-refractivity contribution is -0.112. The van der Waals surface area contributed by atoms with E-state index >= 15 is 0 Å². The molecule has 0 spiro atoms. The minimum absolute atomic E-state index is 0.0246. The third kappa shape index (κ3) is 5.46. The number of amides is 1. The Labute approximate surface area is 227 Å². The van der Waals surface area contributed by atoms with E-state index in [4.69, 9.17) is 23.8 Å². The maximum Gasteiger partial charge on any atom is 0.253 e. The molecule has 1 amide bonds. The molecule has 0 radical (unpaired) electrons. The second-order valence-corrected chi connectivity index (χ2v) is 11.2. The Balaban J connectivity index is 1.25. The number of hydrogen-bond donors (Lipinski definition) is 4. The highest BCUT2D eigenvalue weighted by Crippen LogP contribution is 2.39. The van der Waals surface area contributed by atoms with Crippen LogP contribution in [0.3, 0.4) is 0 Å². The number of carbonyl (C=O) groups excluding carboxylic acids is 2. The first-order valence-corrected chi connectivity index (χ1v) is 14.0. The predicted octanol–water partition coefficient (Wildman–Crippen LogP) is 4.68. The van der Waals surface area contributed by atoms with Gasteiger partial charge in [0.25, 0.3) is 5.91 Å². The van der Waals surface area contributed by atoms with E-state index in [1.54, 1.807) is 0 Å². The highest BCUT2D eigenvalue weighted by atomic mass is 35.5. The first-order chi connectivity index (χ1) is 17.5. The molecule has 2 unspecified atom stereocenters. The molecule has 36 heavy (non-hydrogen) atoms. The van der Waals surface area contributed by atoms with E-state index in [1.165, 1.54) is 40.0 Å². The van der Waals surface area contributed by atoms with Gasteiger partial charge in [0.2, 0.25) is 5.12 Å². The lowest BCUT2D eigenvalue weighted by atomic mass is 9.95. The Morgan fingerprint density at radius 2 is 1.83 bits per heavy atom. The fraction of sp³-hybridized carbons (Fsp3) is 0.200. The Kier molecular flexibility index (Phi) is 7.66. The molecule has 3 aromatic rings. The predicted molar refractivity (Wildman–Crippen MR) is 149 cm³/mol. The van der Waals surface area contributed by atoms with E-state index in [0.717, 1.165) is 11.3 Å². The van der Waals surface area contributed by atoms with Crippen molar-refractivity contribution < 1.29 is 9.59 Å². The van der Waals surface area contributed by atoms with Crippen LogP contribution in [-0.2, 0) is 10.5 Å². The van der Waals surface area contributed by atoms with Crippen LogP contribution in [0.4, 0.5) is 5.82 Å². The van der Waals surface area contributed by atoms with Crippen LogP contribution in [-0.4, -0.2) is 32.9 Å². The Morgan fingerprint density at radius 1 is 1.06 bits per heavy atom. The molecule has 2 atom stereocenters. The fourth-order valence-electron chi connectivity index (χ4n) is 4.08. The van der Waals surface area contributed by atoms with Crippen molar-refractivity contribution in [2.45, 2.75) is 29.2 Å². The number of aromatic nitrogens is 1. The van der Waals surface area contributed by atoms with Gasteiger partial charge >= 0.3 is 0 Å². The molecule has 1 fully saturated rings. The number of benzene rings is 2. The van der Waals surface area contributed by atoms with Gasteiger partial charge in [-0.05, 0) is 47.5 Å². The monoisotopic (exact) mass is 555 g/mol. The standard InChI is InChI=1S/C25H22ClN5O2S3/c26-18-11-15(23(32)28-19-9-10-35-24(19)33)12-27-22(18)30-31-25(34)29-21-16-6-2-1-5-14(16)13-36-20-8-4-3-7-17(20)21/h1-8,11-12,19,21H,9-10,13H2,(H,27,30)(H,28,32)(H2,29,31,34). The van der Waals surface area contributed by atoms with Crippen molar-refractivity contribution in [1.29, 1.82) is 0 Å². The molecule has 2 aromatic carbocycles. The number of hydrogen-bond acceptors (Lipinski definition) is 7. The number of rotatable bonds is 5. The van der Waals surface area contributed by atoms with Crippen LogP contribution < -0.4 is 21.5 Å². The first-order valence-electron chi connectivity index (χ1n) is 11.2. The van der Waals surface area contributed by atoms with Crippen molar-refractivity contribution in [3.63, 3.8) is 0 Å². The quantitative estimate of drug-likeness (QED) is 0.264. The normalized spacial score (nSPS) is 18.4. The van der Waals surface area contributed by atoms with Gasteiger partial charge in [0.05, 0.1) is 22.7 Å². The van der Waals surface area contributed by atoms with Gasteiger partial charge in [0, 0.05) is 22.6 Å². The summed E-state index contributed by atoms with van der Waals surface area (Å²) < 4.78 is 0. The average Bonchev–Trinajstić information content (AvgIpc) is 3.22. The molecule has 0 bridgehead atoms. The smallest absolute Gasteiger partial charge is 0.253 e. The molecule has 0 aliphatic carbocycles. The molecule has 3 heterocycles. The van der Waals surface area contributed by atoms with Gasteiger partial charge < -0.3 is 10.6 Å². The highest BCUT2D eigenvalue weighted by Gasteiger charge is 2.27. The minimum atomic E-state index is -0.471. The van der Waals surface area contributed by atoms with Gasteiger partial charge in [-0.1, -0.05) is 65.8 Å². The highest BCUT2D eigenvalue weighted by molar-refractivity contribution is 8.14. The lowest BCUT2D eigenvalue weighted by Gasteiger charge is -2.23. The largest absolute Gasteiger partial charge is 0.350 e. The summed E-state index contributed by atoms with van der Waals surface area (Å²) in [5.41, 5.74) is 9.73. The second kappa shape index (κ2) is 11.1. The summed E-state index contributed by atoms with van der Waals surface area (Å²) in [5, 5.41) is 6.73. The van der Waals surface area contributed by atoms with E-state index in [1.807, 2.05) is 36.0 Å². The van der Waals surface area contributed by atoms with Crippen LogP contribution in [0.15, 0.2) is 65.7 Å². The van der Waals surface area contributed by atoms with Gasteiger partial charge in [-0.25, -0.2) is 4.98 Å². The second-order valence-electron chi connectivity index (χ2n) is 8.22. The van der Waals surface area contributed by atoms with Crippen molar-refractivity contribution >= 4 is 69.3 Å². The van der Waals surface area contributed by atoms with Gasteiger partial charge in [0.1, 0.15) is 0 Å². The molecule has 11 heteroatoms. The Hall–Kier alpha value is -2.79. The van der Waals surface area contributed by atoms with Crippen LogP contribution in [0.1, 0.15) is 39.5 Å². The zero-order valence-corrected chi connectivity index (χ0v) is 22.1. The van der Waals surface area contributed by atoms with Crippen LogP contribution in [0.2, 0.25) is 5.02 Å². The molecular weight excluding hydrogens is 534 g/mol. The molecule has 5 rings (SSSR count). The molecule has 1 aromatic heterocycles. The van der Waals surface area contributed by atoms with Crippen LogP contribution >= 0.6 is 47.3 Å². The van der Waals surface area contributed by atoms with Crippen LogP contribution in [0, 0.1) is 0 Å². The third-order valence-corrected chi connectivity index (χ3v) is 8.55. The maximum atomic E-state index is 12.5. The maximum absolute atomic E-state index is 12.5. The van der Waals surface area contributed by atoms with Crippen molar-refractivity contribution in [3.8, 4) is 0 Å². The zero-order chi connectivity index (χ0) is 25.1. The van der Waals surface area contributed by atoms with Gasteiger partial charge in [0.15, 0.2) is 10.9 Å². The molecule has 1 saturated heterocycles. The minimum Gasteiger partial charge on any atom is -0.350 e. The van der Waals surface area contributed by atoms with Crippen molar-refractivity contribution in [1.82, 2.24) is 21.0 Å². The number of thioether (sulfide) groups is 2. The van der Waals surface area contributed by atoms with E-state index in [9.17, 15) is 9.59 Å². The molecule has 2 aliphatic rings.